The van der Waals surface area contributed by atoms with Gasteiger partial charge in [0, 0.05) is 0 Å². The van der Waals surface area contributed by atoms with Gasteiger partial charge in [0.05, 0.1) is 13.2 Å². The SMILES string of the molecule is N[C@@H](COCCF)C(=O)OCc1cc(Cl)nc(Cl)c1. The summed E-state index contributed by atoms with van der Waals surface area (Å²) in [6.07, 6.45) is 0. The maximum absolute atomic E-state index is 11.8. The van der Waals surface area contributed by atoms with Gasteiger partial charge in [-0.2, -0.15) is 0 Å². The lowest BCUT2D eigenvalue weighted by molar-refractivity contribution is -0.148. The van der Waals surface area contributed by atoms with Crippen molar-refractivity contribution in [3.63, 3.8) is 0 Å². The Bertz CT molecular complexity index is 414. The average molecular weight is 311 g/mol. The zero-order chi connectivity index (χ0) is 14.3. The van der Waals surface area contributed by atoms with Gasteiger partial charge in [0.25, 0.3) is 0 Å². The van der Waals surface area contributed by atoms with E-state index in [0.717, 1.165) is 0 Å². The number of rotatable bonds is 7. The Labute approximate surface area is 119 Å². The molecule has 1 aromatic heterocycles. The summed E-state index contributed by atoms with van der Waals surface area (Å²) in [6, 6.07) is 2.08. The zero-order valence-corrected chi connectivity index (χ0v) is 11.5. The van der Waals surface area contributed by atoms with Gasteiger partial charge in [0.2, 0.25) is 0 Å². The summed E-state index contributed by atoms with van der Waals surface area (Å²) in [4.78, 5) is 15.2. The number of nitrogens with zero attached hydrogens (tertiary/aromatic N) is 1. The topological polar surface area (TPSA) is 74.4 Å². The molecule has 8 heteroatoms. The van der Waals surface area contributed by atoms with Gasteiger partial charge in [-0.25, -0.2) is 9.37 Å². The normalized spacial score (nSPS) is 12.2. The van der Waals surface area contributed by atoms with Crippen molar-refractivity contribution in [3.05, 3.63) is 28.0 Å². The van der Waals surface area contributed by atoms with Gasteiger partial charge >= 0.3 is 5.97 Å². The standard InChI is InChI=1S/C11H13Cl2FN2O3/c12-9-3-7(4-10(13)16-9)5-19-11(17)8(15)6-18-2-1-14/h3-4,8H,1-2,5-6,15H2/t8-/m0/s1. The quantitative estimate of drug-likeness (QED) is 0.472. The second kappa shape index (κ2) is 8.27. The van der Waals surface area contributed by atoms with Crippen LogP contribution in [0, 0.1) is 0 Å². The van der Waals surface area contributed by atoms with Gasteiger partial charge in [0.15, 0.2) is 0 Å². The molecule has 0 radical (unpaired) electrons. The summed E-state index contributed by atoms with van der Waals surface area (Å²) in [6.45, 7) is -0.857. The molecule has 0 bridgehead atoms. The summed E-state index contributed by atoms with van der Waals surface area (Å²) in [5.74, 6) is -0.650. The molecule has 0 unspecified atom stereocenters. The van der Waals surface area contributed by atoms with Crippen molar-refractivity contribution in [3.8, 4) is 0 Å². The molecule has 2 N–H and O–H groups in total. The highest BCUT2D eigenvalue weighted by Gasteiger charge is 2.15. The molecule has 1 heterocycles. The molecule has 0 aliphatic rings. The van der Waals surface area contributed by atoms with Crippen LogP contribution in [0.3, 0.4) is 0 Å². The maximum Gasteiger partial charge on any atom is 0.325 e. The molecule has 0 saturated carbocycles. The number of aromatic nitrogens is 1. The molecule has 0 amide bonds. The first-order valence-corrected chi connectivity index (χ1v) is 6.16. The van der Waals surface area contributed by atoms with Crippen molar-refractivity contribution in [1.82, 2.24) is 4.98 Å². The lowest BCUT2D eigenvalue weighted by atomic mass is 10.3. The summed E-state index contributed by atoms with van der Waals surface area (Å²) in [5, 5.41) is 0.406. The van der Waals surface area contributed by atoms with E-state index in [9.17, 15) is 9.18 Å². The fourth-order valence-corrected chi connectivity index (χ4v) is 1.70. The molecule has 0 aliphatic carbocycles. The highest BCUT2D eigenvalue weighted by Crippen LogP contribution is 2.15. The fourth-order valence-electron chi connectivity index (χ4n) is 1.19. The molecule has 106 valence electrons. The number of halogens is 3. The lowest BCUT2D eigenvalue weighted by Gasteiger charge is -2.11. The number of ether oxygens (including phenoxy) is 2. The number of nitrogens with two attached hydrogens (primary N) is 1. The third-order valence-electron chi connectivity index (χ3n) is 2.03. The van der Waals surface area contributed by atoms with E-state index in [1.54, 1.807) is 0 Å². The van der Waals surface area contributed by atoms with Crippen LogP contribution in [0.4, 0.5) is 4.39 Å². The summed E-state index contributed by atoms with van der Waals surface area (Å²) >= 11 is 11.4. The van der Waals surface area contributed by atoms with Gasteiger partial charge < -0.3 is 15.2 Å². The molecule has 0 aliphatic heterocycles. The van der Waals surface area contributed by atoms with Crippen LogP contribution in [0.25, 0.3) is 0 Å². The maximum atomic E-state index is 11.8. The molecule has 1 aromatic rings. The van der Waals surface area contributed by atoms with Crippen LogP contribution in [0.5, 0.6) is 0 Å². The molecular formula is C11H13Cl2FN2O3. The Balaban J connectivity index is 2.40. The van der Waals surface area contributed by atoms with Crippen LogP contribution in [-0.2, 0) is 20.9 Å². The smallest absolute Gasteiger partial charge is 0.325 e. The van der Waals surface area contributed by atoms with Crippen LogP contribution in [0.15, 0.2) is 12.1 Å². The van der Waals surface area contributed by atoms with Crippen molar-refractivity contribution < 1.29 is 18.7 Å². The number of carbonyl (C=O) groups is 1. The lowest BCUT2D eigenvalue weighted by Crippen LogP contribution is -2.36. The predicted octanol–water partition coefficient (Wildman–Crippen LogP) is 1.74. The van der Waals surface area contributed by atoms with Gasteiger partial charge in [-0.05, 0) is 17.7 Å². The third kappa shape index (κ3) is 6.15. The largest absolute Gasteiger partial charge is 0.460 e. The van der Waals surface area contributed by atoms with Crippen molar-refractivity contribution in [2.45, 2.75) is 12.6 Å². The van der Waals surface area contributed by atoms with E-state index >= 15 is 0 Å². The van der Waals surface area contributed by atoms with E-state index in [1.165, 1.54) is 12.1 Å². The number of carbonyl (C=O) groups excluding carboxylic acids is 1. The molecule has 5 nitrogen and oxygen atoms in total. The van der Waals surface area contributed by atoms with Crippen LogP contribution in [-0.4, -0.2) is 36.9 Å². The summed E-state index contributed by atoms with van der Waals surface area (Å²) in [7, 11) is 0. The molecule has 19 heavy (non-hydrogen) atoms. The highest BCUT2D eigenvalue weighted by atomic mass is 35.5. The second-order valence-corrected chi connectivity index (χ2v) is 4.37. The van der Waals surface area contributed by atoms with E-state index in [0.29, 0.717) is 5.56 Å². The van der Waals surface area contributed by atoms with Crippen molar-refractivity contribution >= 4 is 29.2 Å². The Hall–Kier alpha value is -0.950. The Morgan fingerprint density at radius 1 is 1.42 bits per heavy atom. The molecule has 1 atom stereocenters. The Morgan fingerprint density at radius 3 is 2.63 bits per heavy atom. The van der Waals surface area contributed by atoms with Crippen LogP contribution >= 0.6 is 23.2 Å². The van der Waals surface area contributed by atoms with E-state index in [2.05, 4.69) is 4.98 Å². The number of hydrogen-bond donors (Lipinski definition) is 1. The molecule has 1 rings (SSSR count). The third-order valence-corrected chi connectivity index (χ3v) is 2.41. The second-order valence-electron chi connectivity index (χ2n) is 3.60. The minimum absolute atomic E-state index is 0.0302. The molecule has 0 fully saturated rings. The minimum Gasteiger partial charge on any atom is -0.460 e. The predicted molar refractivity (Wildman–Crippen MR) is 68.8 cm³/mol. The first kappa shape index (κ1) is 16.1. The highest BCUT2D eigenvalue weighted by molar-refractivity contribution is 6.32. The van der Waals surface area contributed by atoms with E-state index in [4.69, 9.17) is 38.4 Å². The van der Waals surface area contributed by atoms with Crippen LogP contribution in [0.2, 0.25) is 10.3 Å². The Kier molecular flexibility index (Phi) is 7.01. The monoisotopic (exact) mass is 310 g/mol. The van der Waals surface area contributed by atoms with Gasteiger partial charge in [-0.3, -0.25) is 4.79 Å². The van der Waals surface area contributed by atoms with Gasteiger partial charge in [-0.15, -0.1) is 0 Å². The van der Waals surface area contributed by atoms with Crippen LogP contribution < -0.4 is 5.73 Å². The molecule has 0 spiro atoms. The number of alkyl halides is 1. The van der Waals surface area contributed by atoms with Crippen molar-refractivity contribution in [2.75, 3.05) is 19.9 Å². The Morgan fingerprint density at radius 2 is 2.05 bits per heavy atom. The zero-order valence-electron chi connectivity index (χ0n) is 9.94. The number of esters is 1. The van der Waals surface area contributed by atoms with Gasteiger partial charge in [-0.1, -0.05) is 23.2 Å². The average Bonchev–Trinajstić information content (AvgIpc) is 2.35. The first-order valence-electron chi connectivity index (χ1n) is 5.41. The van der Waals surface area contributed by atoms with Crippen molar-refractivity contribution in [2.24, 2.45) is 5.73 Å². The van der Waals surface area contributed by atoms with E-state index < -0.39 is 18.7 Å². The fraction of sp³-hybridized carbons (Fsp3) is 0.455. The van der Waals surface area contributed by atoms with Crippen molar-refractivity contribution in [1.29, 1.82) is 0 Å². The van der Waals surface area contributed by atoms with E-state index in [-0.39, 0.29) is 30.1 Å². The van der Waals surface area contributed by atoms with Gasteiger partial charge in [0.1, 0.15) is 29.6 Å². The first-order chi connectivity index (χ1) is 9.02. The minimum atomic E-state index is -0.959. The molecule has 0 aromatic carbocycles. The summed E-state index contributed by atoms with van der Waals surface area (Å²) in [5.41, 5.74) is 6.09. The number of pyridine rings is 1. The molecule has 0 saturated heterocycles. The summed E-state index contributed by atoms with van der Waals surface area (Å²) < 4.78 is 21.5. The van der Waals surface area contributed by atoms with Crippen LogP contribution in [0.1, 0.15) is 5.56 Å². The van der Waals surface area contributed by atoms with E-state index in [1.807, 2.05) is 0 Å². The number of hydrogen-bond acceptors (Lipinski definition) is 5. The molecular weight excluding hydrogens is 298 g/mol.